The fraction of sp³-hybridized carbons (Fsp3) is 0.976. The van der Waals surface area contributed by atoms with Crippen LogP contribution < -0.4 is 0 Å². The highest BCUT2D eigenvalue weighted by atomic mass is 28.4. The number of esters is 1. The number of rotatable bonds is 40. The molecule has 0 aromatic rings. The van der Waals surface area contributed by atoms with Gasteiger partial charge in [0.1, 0.15) is 6.29 Å². The van der Waals surface area contributed by atoms with Gasteiger partial charge in [0, 0.05) is 26.2 Å². The van der Waals surface area contributed by atoms with Crippen molar-refractivity contribution in [3.05, 3.63) is 0 Å². The van der Waals surface area contributed by atoms with Gasteiger partial charge in [0.15, 0.2) is 0 Å². The van der Waals surface area contributed by atoms with Gasteiger partial charge in [-0.15, -0.1) is 0 Å². The third-order valence-corrected chi connectivity index (χ3v) is 11.2. The highest BCUT2D eigenvalue weighted by molar-refractivity contribution is 6.64. The molecule has 0 saturated carbocycles. The Labute approximate surface area is 306 Å². The van der Waals surface area contributed by atoms with E-state index in [0.29, 0.717) is 13.0 Å². The lowest BCUT2D eigenvalue weighted by Gasteiger charge is -2.27. The Kier molecular flexibility index (Phi) is 36.9. The maximum atomic E-state index is 12.1. The van der Waals surface area contributed by atoms with Gasteiger partial charge >= 0.3 is 14.5 Å². The minimum Gasteiger partial charge on any atom is -0.466 e. The maximum Gasteiger partial charge on any atom is 0.333 e. The van der Waals surface area contributed by atoms with Crippen LogP contribution in [0.4, 0.5) is 0 Å². The van der Waals surface area contributed by atoms with Crippen molar-refractivity contribution in [2.75, 3.05) is 46.1 Å². The molecule has 7 nitrogen and oxygen atoms in total. The molecule has 0 radical (unpaired) electrons. The van der Waals surface area contributed by atoms with E-state index in [4.69, 9.17) is 18.3 Å². The van der Waals surface area contributed by atoms with Gasteiger partial charge in [0.05, 0.1) is 6.61 Å². The zero-order valence-corrected chi connectivity index (χ0v) is 34.6. The molecule has 1 unspecified atom stereocenters. The van der Waals surface area contributed by atoms with E-state index in [0.717, 1.165) is 84.2 Å². The van der Waals surface area contributed by atoms with Crippen molar-refractivity contribution in [3.8, 4) is 0 Å². The van der Waals surface area contributed by atoms with Crippen LogP contribution >= 0.6 is 0 Å². The van der Waals surface area contributed by atoms with E-state index >= 15 is 0 Å². The largest absolute Gasteiger partial charge is 0.466 e. The first-order valence-electron chi connectivity index (χ1n) is 21.3. The van der Waals surface area contributed by atoms with E-state index in [1.165, 1.54) is 116 Å². The molecule has 0 aliphatic rings. The van der Waals surface area contributed by atoms with Crippen LogP contribution in [0.2, 0.25) is 13.1 Å². The first-order chi connectivity index (χ1) is 23.8. The van der Waals surface area contributed by atoms with Gasteiger partial charge in [0.25, 0.3) is 0 Å². The first kappa shape index (κ1) is 48.5. The molecule has 0 aromatic carbocycles. The summed E-state index contributed by atoms with van der Waals surface area (Å²) in [7, 11) is -2.20. The molecular weight excluding hydrogens is 631 g/mol. The van der Waals surface area contributed by atoms with Crippen molar-refractivity contribution < 1.29 is 28.2 Å². The van der Waals surface area contributed by atoms with Gasteiger partial charge < -0.3 is 28.3 Å². The minimum absolute atomic E-state index is 0.0297. The highest BCUT2D eigenvalue weighted by Gasteiger charge is 2.27. The molecule has 0 rings (SSSR count). The molecule has 1 atom stereocenters. The summed E-state index contributed by atoms with van der Waals surface area (Å²) < 4.78 is 23.8. The molecule has 0 aliphatic heterocycles. The summed E-state index contributed by atoms with van der Waals surface area (Å²) in [5.74, 6) is -0.0297. The number of hydrogen-bond acceptors (Lipinski definition) is 7. The van der Waals surface area contributed by atoms with E-state index in [1.807, 2.05) is 6.92 Å². The van der Waals surface area contributed by atoms with E-state index in [1.54, 1.807) is 0 Å². The Morgan fingerprint density at radius 1 is 0.571 bits per heavy atom. The first-order valence-corrected chi connectivity index (χ1v) is 24.1. The molecule has 0 spiro atoms. The maximum absolute atomic E-state index is 12.1. The summed E-state index contributed by atoms with van der Waals surface area (Å²) in [6, 6.07) is 0. The standard InChI is InChI=1S/C41H85NO6Si/c1-6-8-10-12-14-16-18-21-30-38-46-41(44)32-24-23-26-34-42(35-27-28-36-43)33-25-19-22-31-39-47-49(4,5)48-40(3)45-37-29-20-17-15-13-11-9-7-2/h40,43H,6-39H2,1-5H3. The second-order valence-corrected chi connectivity index (χ2v) is 18.1. The molecule has 0 amide bonds. The van der Waals surface area contributed by atoms with E-state index in [-0.39, 0.29) is 18.9 Å². The van der Waals surface area contributed by atoms with Crippen LogP contribution in [0, 0.1) is 0 Å². The number of carbonyl (C=O) groups excluding carboxylic acids is 1. The lowest BCUT2D eigenvalue weighted by Crippen LogP contribution is -2.39. The summed E-state index contributed by atoms with van der Waals surface area (Å²) in [6.07, 6.45) is 31.9. The number of ether oxygens (including phenoxy) is 2. The van der Waals surface area contributed by atoms with Crippen molar-refractivity contribution in [1.29, 1.82) is 0 Å². The van der Waals surface area contributed by atoms with Gasteiger partial charge in [-0.3, -0.25) is 4.79 Å². The molecule has 49 heavy (non-hydrogen) atoms. The van der Waals surface area contributed by atoms with E-state index < -0.39 is 8.56 Å². The van der Waals surface area contributed by atoms with Crippen LogP contribution in [0.25, 0.3) is 0 Å². The average molecular weight is 716 g/mol. The van der Waals surface area contributed by atoms with Crippen LogP contribution in [0.1, 0.15) is 194 Å². The summed E-state index contributed by atoms with van der Waals surface area (Å²) in [5, 5.41) is 9.24. The molecule has 0 fully saturated rings. The van der Waals surface area contributed by atoms with Crippen molar-refractivity contribution in [2.45, 2.75) is 214 Å². The van der Waals surface area contributed by atoms with E-state index in [2.05, 4.69) is 31.8 Å². The summed E-state index contributed by atoms with van der Waals surface area (Å²) >= 11 is 0. The quantitative estimate of drug-likeness (QED) is 0.0293. The van der Waals surface area contributed by atoms with Gasteiger partial charge in [-0.05, 0) is 91.0 Å². The monoisotopic (exact) mass is 716 g/mol. The molecule has 0 aromatic heterocycles. The Balaban J connectivity index is 3.89. The third kappa shape index (κ3) is 37.1. The van der Waals surface area contributed by atoms with Crippen molar-refractivity contribution >= 4 is 14.5 Å². The number of aliphatic hydroxyl groups is 1. The van der Waals surface area contributed by atoms with Crippen LogP contribution in [0.15, 0.2) is 0 Å². The molecule has 1 N–H and O–H groups in total. The molecule has 0 aliphatic carbocycles. The summed E-state index contributed by atoms with van der Waals surface area (Å²) in [5.41, 5.74) is 0. The number of unbranched alkanes of at least 4 members (excludes halogenated alkanes) is 21. The van der Waals surface area contributed by atoms with Gasteiger partial charge in [-0.2, -0.15) is 0 Å². The second kappa shape index (κ2) is 37.3. The fourth-order valence-electron chi connectivity index (χ4n) is 6.30. The van der Waals surface area contributed by atoms with Gasteiger partial charge in [0.2, 0.25) is 0 Å². The van der Waals surface area contributed by atoms with Crippen LogP contribution in [-0.2, 0) is 23.1 Å². The summed E-state index contributed by atoms with van der Waals surface area (Å²) in [6.45, 7) is 16.4. The van der Waals surface area contributed by atoms with Crippen molar-refractivity contribution in [3.63, 3.8) is 0 Å². The second-order valence-electron chi connectivity index (χ2n) is 14.8. The van der Waals surface area contributed by atoms with Gasteiger partial charge in [-0.25, -0.2) is 0 Å². The van der Waals surface area contributed by atoms with Crippen LogP contribution in [0.5, 0.6) is 0 Å². The lowest BCUT2D eigenvalue weighted by molar-refractivity contribution is -0.143. The Hall–Kier alpha value is -0.513. The molecule has 0 heterocycles. The van der Waals surface area contributed by atoms with Crippen molar-refractivity contribution in [1.82, 2.24) is 4.90 Å². The summed E-state index contributed by atoms with van der Waals surface area (Å²) in [4.78, 5) is 14.7. The number of aliphatic hydroxyl groups excluding tert-OH is 1. The topological polar surface area (TPSA) is 77.5 Å². The number of nitrogens with zero attached hydrogens (tertiary/aromatic N) is 1. The zero-order valence-electron chi connectivity index (χ0n) is 33.6. The van der Waals surface area contributed by atoms with Gasteiger partial charge in [-0.1, -0.05) is 129 Å². The lowest BCUT2D eigenvalue weighted by atomic mass is 10.1. The molecule has 294 valence electrons. The average Bonchev–Trinajstić information content (AvgIpc) is 3.07. The number of hydrogen-bond donors (Lipinski definition) is 1. The Morgan fingerprint density at radius 3 is 1.53 bits per heavy atom. The number of carbonyl (C=O) groups is 1. The molecule has 0 saturated heterocycles. The highest BCUT2D eigenvalue weighted by Crippen LogP contribution is 2.15. The minimum atomic E-state index is -2.20. The predicted molar refractivity (Wildman–Crippen MR) is 210 cm³/mol. The Morgan fingerprint density at radius 2 is 1.00 bits per heavy atom. The third-order valence-electron chi connectivity index (χ3n) is 9.37. The molecule has 8 heteroatoms. The van der Waals surface area contributed by atoms with E-state index in [9.17, 15) is 9.90 Å². The molecule has 0 bridgehead atoms. The molecular formula is C41H85NO6Si. The van der Waals surface area contributed by atoms with Crippen molar-refractivity contribution in [2.24, 2.45) is 0 Å². The zero-order chi connectivity index (χ0) is 36.1. The smallest absolute Gasteiger partial charge is 0.333 e. The SMILES string of the molecule is CCCCCCCCCCCOC(=O)CCCCCN(CCCCO)CCCCCCO[Si](C)(C)OC(C)OCCCCCCCCCC. The predicted octanol–water partition coefficient (Wildman–Crippen LogP) is 11.5. The fourth-order valence-corrected chi connectivity index (χ4v) is 7.87. The normalized spacial score (nSPS) is 12.6. The Bertz CT molecular complexity index is 682. The van der Waals surface area contributed by atoms with Crippen LogP contribution in [0.3, 0.4) is 0 Å². The van der Waals surface area contributed by atoms with Crippen LogP contribution in [-0.4, -0.2) is 76.9 Å².